The van der Waals surface area contributed by atoms with Crippen molar-refractivity contribution in [2.75, 3.05) is 25.6 Å². The third-order valence-electron chi connectivity index (χ3n) is 3.16. The maximum absolute atomic E-state index is 11.3. The molecule has 0 aliphatic heterocycles. The van der Waals surface area contributed by atoms with Crippen molar-refractivity contribution in [3.8, 4) is 0 Å². The topological polar surface area (TPSA) is 66.4 Å². The van der Waals surface area contributed by atoms with Crippen LogP contribution in [0.15, 0.2) is 29.2 Å². The predicted octanol–water partition coefficient (Wildman–Crippen LogP) is 1.85. The maximum atomic E-state index is 11.3. The maximum Gasteiger partial charge on any atom is 0.175 e. The quantitative estimate of drug-likeness (QED) is 0.716. The van der Waals surface area contributed by atoms with Crippen LogP contribution in [0.5, 0.6) is 0 Å². The molecule has 20 heavy (non-hydrogen) atoms. The summed E-state index contributed by atoms with van der Waals surface area (Å²) in [4.78, 5) is 0.273. The van der Waals surface area contributed by atoms with E-state index in [0.29, 0.717) is 11.8 Å². The van der Waals surface area contributed by atoms with Gasteiger partial charge in [0.05, 0.1) is 11.0 Å². The van der Waals surface area contributed by atoms with Crippen molar-refractivity contribution in [3.63, 3.8) is 0 Å². The Kier molecular flexibility index (Phi) is 7.02. The number of nitrogens with one attached hydrogen (secondary N) is 1. The van der Waals surface area contributed by atoms with E-state index in [0.717, 1.165) is 18.5 Å². The Labute approximate surface area is 125 Å². The van der Waals surface area contributed by atoms with E-state index in [1.807, 2.05) is 11.8 Å². The number of benzene rings is 1. The van der Waals surface area contributed by atoms with Gasteiger partial charge in [-0.1, -0.05) is 19.1 Å². The summed E-state index contributed by atoms with van der Waals surface area (Å²) in [7, 11) is -3.18. The Hall–Kier alpha value is -0.560. The molecule has 4 nitrogen and oxygen atoms in total. The molecular weight excluding hydrogens is 294 g/mol. The Morgan fingerprint density at radius 2 is 1.90 bits per heavy atom. The molecule has 0 spiro atoms. The molecule has 0 aliphatic rings. The number of aliphatic hydroxyl groups excluding tert-OH is 1. The molecule has 114 valence electrons. The summed E-state index contributed by atoms with van der Waals surface area (Å²) in [6.45, 7) is 3.51. The second kappa shape index (κ2) is 8.02. The van der Waals surface area contributed by atoms with E-state index in [1.165, 1.54) is 18.4 Å². The van der Waals surface area contributed by atoms with Gasteiger partial charge in [-0.2, -0.15) is 11.8 Å². The Bertz CT molecular complexity index is 500. The van der Waals surface area contributed by atoms with E-state index in [4.69, 9.17) is 0 Å². The van der Waals surface area contributed by atoms with Crippen LogP contribution in [-0.4, -0.2) is 44.4 Å². The zero-order valence-electron chi connectivity index (χ0n) is 12.2. The predicted molar refractivity (Wildman–Crippen MR) is 85.0 cm³/mol. The first-order valence-electron chi connectivity index (χ1n) is 6.56. The van der Waals surface area contributed by atoms with Crippen molar-refractivity contribution in [2.45, 2.75) is 29.6 Å². The van der Waals surface area contributed by atoms with Gasteiger partial charge in [0.2, 0.25) is 0 Å². The average Bonchev–Trinajstić information content (AvgIpc) is 2.42. The summed E-state index contributed by atoms with van der Waals surface area (Å²) in [5.74, 6) is 0. The zero-order chi connectivity index (χ0) is 15.2. The standard InChI is InChI=1S/C14H23NO3S2/c1-11(19-2)8-9-15-10-14(16)12-4-6-13(7-5-12)20(3,17)18/h4-7,11,14-16H,8-10H2,1-3H3. The molecule has 2 atom stereocenters. The van der Waals surface area contributed by atoms with Gasteiger partial charge in [-0.25, -0.2) is 8.42 Å². The third kappa shape index (κ3) is 5.83. The minimum atomic E-state index is -3.18. The van der Waals surface area contributed by atoms with Gasteiger partial charge in [-0.3, -0.25) is 0 Å². The fraction of sp³-hybridized carbons (Fsp3) is 0.571. The molecule has 1 aromatic carbocycles. The van der Waals surface area contributed by atoms with Crippen molar-refractivity contribution in [1.82, 2.24) is 5.32 Å². The normalized spacial score (nSPS) is 15.0. The van der Waals surface area contributed by atoms with E-state index >= 15 is 0 Å². The van der Waals surface area contributed by atoms with Crippen molar-refractivity contribution >= 4 is 21.6 Å². The molecule has 0 saturated carbocycles. The molecule has 0 aromatic heterocycles. The number of hydrogen-bond donors (Lipinski definition) is 2. The van der Waals surface area contributed by atoms with Crippen molar-refractivity contribution in [3.05, 3.63) is 29.8 Å². The number of hydrogen-bond acceptors (Lipinski definition) is 5. The highest BCUT2D eigenvalue weighted by Crippen LogP contribution is 2.16. The lowest BCUT2D eigenvalue weighted by molar-refractivity contribution is 0.175. The van der Waals surface area contributed by atoms with E-state index < -0.39 is 15.9 Å². The lowest BCUT2D eigenvalue weighted by Gasteiger charge is -2.14. The Balaban J connectivity index is 2.46. The van der Waals surface area contributed by atoms with Crippen LogP contribution in [0.3, 0.4) is 0 Å². The van der Waals surface area contributed by atoms with E-state index in [9.17, 15) is 13.5 Å². The molecule has 2 unspecified atom stereocenters. The van der Waals surface area contributed by atoms with E-state index in [-0.39, 0.29) is 4.90 Å². The SMILES string of the molecule is CSC(C)CCNCC(O)c1ccc(S(C)(=O)=O)cc1. The molecule has 1 aromatic rings. The minimum absolute atomic E-state index is 0.273. The highest BCUT2D eigenvalue weighted by atomic mass is 32.2. The first kappa shape index (κ1) is 17.5. The van der Waals surface area contributed by atoms with Gasteiger partial charge in [-0.15, -0.1) is 0 Å². The van der Waals surface area contributed by atoms with Gasteiger partial charge in [0, 0.05) is 18.1 Å². The molecule has 0 bridgehead atoms. The van der Waals surface area contributed by atoms with Crippen molar-refractivity contribution in [1.29, 1.82) is 0 Å². The first-order valence-corrected chi connectivity index (χ1v) is 9.74. The van der Waals surface area contributed by atoms with Crippen LogP contribution in [0.2, 0.25) is 0 Å². The Morgan fingerprint density at radius 1 is 1.30 bits per heavy atom. The fourth-order valence-corrected chi connectivity index (χ4v) is 2.70. The minimum Gasteiger partial charge on any atom is -0.387 e. The molecular formula is C14H23NO3S2. The molecule has 0 saturated heterocycles. The first-order chi connectivity index (χ1) is 9.34. The molecule has 0 amide bonds. The second-order valence-corrected chi connectivity index (χ2v) is 8.19. The van der Waals surface area contributed by atoms with Crippen LogP contribution in [0.1, 0.15) is 25.0 Å². The van der Waals surface area contributed by atoms with Crippen molar-refractivity contribution in [2.24, 2.45) is 0 Å². The summed E-state index contributed by atoms with van der Waals surface area (Å²) in [6, 6.07) is 6.38. The zero-order valence-corrected chi connectivity index (χ0v) is 13.8. The third-order valence-corrected chi connectivity index (χ3v) is 5.33. The molecule has 0 heterocycles. The van der Waals surface area contributed by atoms with Gasteiger partial charge in [0.15, 0.2) is 9.84 Å². The second-order valence-electron chi connectivity index (χ2n) is 4.90. The lowest BCUT2D eigenvalue weighted by atomic mass is 10.1. The van der Waals surface area contributed by atoms with E-state index in [1.54, 1.807) is 12.1 Å². The van der Waals surface area contributed by atoms with Crippen LogP contribution >= 0.6 is 11.8 Å². The monoisotopic (exact) mass is 317 g/mol. The van der Waals surface area contributed by atoms with Gasteiger partial charge in [-0.05, 0) is 36.9 Å². The largest absolute Gasteiger partial charge is 0.387 e. The van der Waals surface area contributed by atoms with Crippen LogP contribution < -0.4 is 5.32 Å². The average molecular weight is 317 g/mol. The summed E-state index contributed by atoms with van der Waals surface area (Å²) in [5.41, 5.74) is 0.725. The van der Waals surface area contributed by atoms with Crippen molar-refractivity contribution < 1.29 is 13.5 Å². The van der Waals surface area contributed by atoms with Gasteiger partial charge < -0.3 is 10.4 Å². The molecule has 2 N–H and O–H groups in total. The fourth-order valence-electron chi connectivity index (χ4n) is 1.72. The summed E-state index contributed by atoms with van der Waals surface area (Å²) >= 11 is 1.82. The molecule has 6 heteroatoms. The smallest absolute Gasteiger partial charge is 0.175 e. The highest BCUT2D eigenvalue weighted by Gasteiger charge is 2.10. The number of sulfone groups is 1. The summed E-state index contributed by atoms with van der Waals surface area (Å²) < 4.78 is 22.7. The van der Waals surface area contributed by atoms with Crippen LogP contribution in [-0.2, 0) is 9.84 Å². The van der Waals surface area contributed by atoms with Gasteiger partial charge in [0.1, 0.15) is 0 Å². The summed E-state index contributed by atoms with van der Waals surface area (Å²) in [6.07, 6.45) is 3.70. The number of aliphatic hydroxyl groups is 1. The van der Waals surface area contributed by atoms with Gasteiger partial charge in [0.25, 0.3) is 0 Å². The van der Waals surface area contributed by atoms with Crippen LogP contribution in [0.4, 0.5) is 0 Å². The van der Waals surface area contributed by atoms with E-state index in [2.05, 4.69) is 18.5 Å². The highest BCUT2D eigenvalue weighted by molar-refractivity contribution is 7.99. The number of thioether (sulfide) groups is 1. The van der Waals surface area contributed by atoms with Gasteiger partial charge >= 0.3 is 0 Å². The van der Waals surface area contributed by atoms with Crippen LogP contribution in [0, 0.1) is 0 Å². The summed E-state index contributed by atoms with van der Waals surface area (Å²) in [5, 5.41) is 13.8. The lowest BCUT2D eigenvalue weighted by Crippen LogP contribution is -2.24. The molecule has 0 aliphatic carbocycles. The Morgan fingerprint density at radius 3 is 2.40 bits per heavy atom. The number of rotatable bonds is 8. The molecule has 0 fully saturated rings. The molecule has 1 rings (SSSR count). The molecule has 0 radical (unpaired) electrons. The van der Waals surface area contributed by atoms with Crippen LogP contribution in [0.25, 0.3) is 0 Å².